The van der Waals surface area contributed by atoms with Crippen LogP contribution in [0.1, 0.15) is 33.1 Å². The van der Waals surface area contributed by atoms with Crippen LogP contribution in [0.2, 0.25) is 5.15 Å². The van der Waals surface area contributed by atoms with Gasteiger partial charge in [0.1, 0.15) is 11.0 Å². The number of rotatable bonds is 3. The van der Waals surface area contributed by atoms with Crippen LogP contribution in [0.3, 0.4) is 0 Å². The summed E-state index contributed by atoms with van der Waals surface area (Å²) < 4.78 is 0. The maximum Gasteiger partial charge on any atom is 0.131 e. The zero-order valence-electron chi connectivity index (χ0n) is 10.0. The summed E-state index contributed by atoms with van der Waals surface area (Å²) in [5.74, 6) is 1.02. The molecule has 16 heavy (non-hydrogen) atoms. The smallest absolute Gasteiger partial charge is 0.131 e. The van der Waals surface area contributed by atoms with Crippen molar-refractivity contribution < 1.29 is 0 Å². The number of pyridine rings is 1. The first-order valence-electron chi connectivity index (χ1n) is 6.06. The molecule has 0 spiro atoms. The van der Waals surface area contributed by atoms with E-state index < -0.39 is 0 Å². The Labute approximate surface area is 103 Å². The standard InChI is InChI=1S/C13H19ClN2/c1-3-13(4-2)8-9-16(10-13)12-7-5-6-11(14)15-12/h5-7H,3-4,8-10H2,1-2H3. The molecule has 1 aromatic rings. The molecule has 88 valence electrons. The lowest BCUT2D eigenvalue weighted by atomic mass is 9.82. The molecule has 0 amide bonds. The molecule has 3 heteroatoms. The minimum absolute atomic E-state index is 0.490. The third-order valence-corrected chi connectivity index (χ3v) is 4.17. The summed E-state index contributed by atoms with van der Waals surface area (Å²) in [7, 11) is 0. The highest BCUT2D eigenvalue weighted by Crippen LogP contribution is 2.38. The van der Waals surface area contributed by atoms with Crippen LogP contribution in [0.15, 0.2) is 18.2 Å². The second kappa shape index (κ2) is 4.62. The molecule has 1 saturated heterocycles. The second-order valence-electron chi connectivity index (χ2n) is 4.70. The van der Waals surface area contributed by atoms with Crippen molar-refractivity contribution in [2.24, 2.45) is 5.41 Å². The molecule has 1 fully saturated rings. The van der Waals surface area contributed by atoms with Gasteiger partial charge in [-0.2, -0.15) is 0 Å². The molecule has 0 aromatic carbocycles. The van der Waals surface area contributed by atoms with Crippen LogP contribution in [-0.2, 0) is 0 Å². The van der Waals surface area contributed by atoms with Gasteiger partial charge in [0.15, 0.2) is 0 Å². The maximum absolute atomic E-state index is 5.92. The Morgan fingerprint density at radius 1 is 1.38 bits per heavy atom. The van der Waals surface area contributed by atoms with Crippen molar-refractivity contribution in [3.8, 4) is 0 Å². The van der Waals surface area contributed by atoms with E-state index in [1.165, 1.54) is 19.3 Å². The van der Waals surface area contributed by atoms with Crippen LogP contribution in [0, 0.1) is 5.41 Å². The molecule has 0 unspecified atom stereocenters. The summed E-state index contributed by atoms with van der Waals surface area (Å²) in [5, 5.41) is 0.586. The molecule has 0 saturated carbocycles. The Hall–Kier alpha value is -0.760. The van der Waals surface area contributed by atoms with E-state index in [4.69, 9.17) is 11.6 Å². The van der Waals surface area contributed by atoms with Gasteiger partial charge >= 0.3 is 0 Å². The Balaban J connectivity index is 2.14. The zero-order chi connectivity index (χ0) is 11.6. The highest BCUT2D eigenvalue weighted by Gasteiger charge is 2.35. The number of nitrogens with zero attached hydrogens (tertiary/aromatic N) is 2. The summed E-state index contributed by atoms with van der Waals surface area (Å²) in [4.78, 5) is 6.74. The van der Waals surface area contributed by atoms with Gasteiger partial charge in [-0.15, -0.1) is 0 Å². The van der Waals surface area contributed by atoms with Crippen molar-refractivity contribution in [1.29, 1.82) is 0 Å². The van der Waals surface area contributed by atoms with E-state index in [-0.39, 0.29) is 0 Å². The third kappa shape index (κ3) is 2.17. The third-order valence-electron chi connectivity index (χ3n) is 3.96. The SMILES string of the molecule is CCC1(CC)CCN(c2cccc(Cl)n2)C1. The number of halogens is 1. The van der Waals surface area contributed by atoms with Crippen LogP contribution in [0.5, 0.6) is 0 Å². The van der Waals surface area contributed by atoms with Crippen LogP contribution >= 0.6 is 11.6 Å². The van der Waals surface area contributed by atoms with Gasteiger partial charge in [0.25, 0.3) is 0 Å². The predicted molar refractivity (Wildman–Crippen MR) is 69.1 cm³/mol. The van der Waals surface area contributed by atoms with Crippen molar-refractivity contribution >= 4 is 17.4 Å². The van der Waals surface area contributed by atoms with Gasteiger partial charge in [-0.3, -0.25) is 0 Å². The minimum atomic E-state index is 0.490. The van der Waals surface area contributed by atoms with Crippen molar-refractivity contribution in [3.63, 3.8) is 0 Å². The normalized spacial score (nSPS) is 19.1. The topological polar surface area (TPSA) is 16.1 Å². The highest BCUT2D eigenvalue weighted by atomic mass is 35.5. The summed E-state index contributed by atoms with van der Waals surface area (Å²) in [6.07, 6.45) is 3.77. The molecule has 2 heterocycles. The van der Waals surface area contributed by atoms with E-state index in [1.54, 1.807) is 0 Å². The molecule has 1 aliphatic rings. The van der Waals surface area contributed by atoms with E-state index in [9.17, 15) is 0 Å². The fourth-order valence-corrected chi connectivity index (χ4v) is 2.69. The van der Waals surface area contributed by atoms with Gasteiger partial charge in [0, 0.05) is 13.1 Å². The van der Waals surface area contributed by atoms with Crippen molar-refractivity contribution in [3.05, 3.63) is 23.4 Å². The van der Waals surface area contributed by atoms with Gasteiger partial charge in [-0.1, -0.05) is 31.5 Å². The molecular weight excluding hydrogens is 220 g/mol. The molecule has 0 N–H and O–H groups in total. The second-order valence-corrected chi connectivity index (χ2v) is 5.08. The quantitative estimate of drug-likeness (QED) is 0.746. The molecule has 0 aliphatic carbocycles. The molecule has 2 nitrogen and oxygen atoms in total. The fraction of sp³-hybridized carbons (Fsp3) is 0.615. The summed E-state index contributed by atoms with van der Waals surface area (Å²) >= 11 is 5.92. The Bertz CT molecular complexity index is 361. The first-order valence-corrected chi connectivity index (χ1v) is 6.44. The highest BCUT2D eigenvalue weighted by molar-refractivity contribution is 6.29. The minimum Gasteiger partial charge on any atom is -0.356 e. The first-order chi connectivity index (χ1) is 7.69. The molecule has 0 bridgehead atoms. The van der Waals surface area contributed by atoms with Gasteiger partial charge in [-0.25, -0.2) is 4.98 Å². The number of anilines is 1. The number of hydrogen-bond acceptors (Lipinski definition) is 2. The van der Waals surface area contributed by atoms with Crippen molar-refractivity contribution in [2.45, 2.75) is 33.1 Å². The Morgan fingerprint density at radius 3 is 2.69 bits per heavy atom. The molecule has 0 atom stereocenters. The lowest BCUT2D eigenvalue weighted by Gasteiger charge is -2.26. The average Bonchev–Trinajstić information content (AvgIpc) is 2.74. The molecule has 1 aliphatic heterocycles. The lowest BCUT2D eigenvalue weighted by Crippen LogP contribution is -2.26. The number of aromatic nitrogens is 1. The molecular formula is C13H19ClN2. The van der Waals surface area contributed by atoms with Gasteiger partial charge in [0.05, 0.1) is 0 Å². The number of hydrogen-bond donors (Lipinski definition) is 0. The predicted octanol–water partition coefficient (Wildman–Crippen LogP) is 3.75. The van der Waals surface area contributed by atoms with E-state index in [0.717, 1.165) is 18.9 Å². The van der Waals surface area contributed by atoms with E-state index in [0.29, 0.717) is 10.6 Å². The van der Waals surface area contributed by atoms with Gasteiger partial charge in [0.2, 0.25) is 0 Å². The van der Waals surface area contributed by atoms with Crippen LogP contribution < -0.4 is 4.90 Å². The average molecular weight is 239 g/mol. The van der Waals surface area contributed by atoms with Crippen molar-refractivity contribution in [2.75, 3.05) is 18.0 Å². The fourth-order valence-electron chi connectivity index (χ4n) is 2.53. The van der Waals surface area contributed by atoms with Crippen LogP contribution in [0.25, 0.3) is 0 Å². The van der Waals surface area contributed by atoms with Gasteiger partial charge < -0.3 is 4.90 Å². The van der Waals surface area contributed by atoms with E-state index in [1.807, 2.05) is 18.2 Å². The maximum atomic E-state index is 5.92. The van der Waals surface area contributed by atoms with E-state index >= 15 is 0 Å². The lowest BCUT2D eigenvalue weighted by molar-refractivity contribution is 0.301. The molecule has 0 radical (unpaired) electrons. The van der Waals surface area contributed by atoms with Crippen molar-refractivity contribution in [1.82, 2.24) is 4.98 Å². The summed E-state index contributed by atoms with van der Waals surface area (Å²) in [6.45, 7) is 6.80. The first kappa shape index (κ1) is 11.7. The summed E-state index contributed by atoms with van der Waals surface area (Å²) in [6, 6.07) is 5.85. The largest absolute Gasteiger partial charge is 0.356 e. The Kier molecular flexibility index (Phi) is 3.38. The Morgan fingerprint density at radius 2 is 2.12 bits per heavy atom. The zero-order valence-corrected chi connectivity index (χ0v) is 10.8. The monoisotopic (exact) mass is 238 g/mol. The summed E-state index contributed by atoms with van der Waals surface area (Å²) in [5.41, 5.74) is 0.490. The van der Waals surface area contributed by atoms with Gasteiger partial charge in [-0.05, 0) is 36.8 Å². The molecule has 2 rings (SSSR count). The van der Waals surface area contributed by atoms with Crippen LogP contribution in [0.4, 0.5) is 5.82 Å². The van der Waals surface area contributed by atoms with Crippen LogP contribution in [-0.4, -0.2) is 18.1 Å². The molecule has 1 aromatic heterocycles. The van der Waals surface area contributed by atoms with E-state index in [2.05, 4.69) is 23.7 Å².